The fourth-order valence-electron chi connectivity index (χ4n) is 1.18. The average molecular weight is 180 g/mol. The molecule has 2 heterocycles. The van der Waals surface area contributed by atoms with Crippen molar-refractivity contribution in [3.05, 3.63) is 18.5 Å². The fourth-order valence-corrected chi connectivity index (χ4v) is 1.18. The smallest absolute Gasteiger partial charge is 0.0529 e. The Morgan fingerprint density at radius 3 is 1.85 bits per heavy atom. The Morgan fingerprint density at radius 1 is 0.846 bits per heavy atom. The van der Waals surface area contributed by atoms with Gasteiger partial charge in [-0.2, -0.15) is 0 Å². The van der Waals surface area contributed by atoms with E-state index in [0.717, 1.165) is 0 Å². The first-order valence-electron chi connectivity index (χ1n) is 4.79. The van der Waals surface area contributed by atoms with Crippen LogP contribution in [0, 0.1) is 0 Å². The van der Waals surface area contributed by atoms with Crippen LogP contribution in [0.25, 0.3) is 0 Å². The minimum absolute atomic E-state index is 1.25. The van der Waals surface area contributed by atoms with Crippen LogP contribution in [-0.2, 0) is 0 Å². The molecule has 4 nitrogen and oxygen atoms in total. The van der Waals surface area contributed by atoms with Gasteiger partial charge in [0, 0.05) is 0 Å². The lowest BCUT2D eigenvalue weighted by atomic mass is 10.2. The van der Waals surface area contributed by atoms with Gasteiger partial charge >= 0.3 is 0 Å². The third-order valence-electron chi connectivity index (χ3n) is 1.87. The van der Waals surface area contributed by atoms with Crippen molar-refractivity contribution in [2.45, 2.75) is 25.7 Å². The topological polar surface area (TPSA) is 50.7 Å². The molecule has 1 aliphatic rings. The Hall–Kier alpha value is -1.03. The molecule has 0 aromatic carbocycles. The maximum atomic E-state index is 3.42. The zero-order chi connectivity index (χ0) is 9.19. The van der Waals surface area contributed by atoms with Crippen LogP contribution in [0.1, 0.15) is 25.7 Å². The summed E-state index contributed by atoms with van der Waals surface area (Å²) in [6.07, 6.45) is 8.81. The van der Waals surface area contributed by atoms with E-state index in [4.69, 9.17) is 0 Å². The van der Waals surface area contributed by atoms with Crippen LogP contribution in [-0.4, -0.2) is 28.5 Å². The Morgan fingerprint density at radius 2 is 1.46 bits per heavy atom. The molecule has 0 bridgehead atoms. The van der Waals surface area contributed by atoms with E-state index < -0.39 is 0 Å². The van der Waals surface area contributed by atoms with Crippen LogP contribution >= 0.6 is 0 Å². The zero-order valence-electron chi connectivity index (χ0n) is 7.82. The number of hydrogen-bond donors (Lipinski definition) is 1. The summed E-state index contributed by atoms with van der Waals surface area (Å²) in [7, 11) is 0. The van der Waals surface area contributed by atoms with Crippen LogP contribution in [0.4, 0.5) is 0 Å². The summed E-state index contributed by atoms with van der Waals surface area (Å²) in [6.45, 7) is 2.50. The first-order chi connectivity index (χ1) is 6.50. The molecule has 0 atom stereocenters. The normalized spacial score (nSPS) is 16.6. The predicted octanol–water partition coefficient (Wildman–Crippen LogP) is 1.02. The van der Waals surface area contributed by atoms with Gasteiger partial charge in [-0.1, -0.05) is 12.8 Å². The van der Waals surface area contributed by atoms with Crippen molar-refractivity contribution in [2.24, 2.45) is 0 Å². The summed E-state index contributed by atoms with van der Waals surface area (Å²) in [5.41, 5.74) is 0. The predicted molar refractivity (Wildman–Crippen MR) is 51.2 cm³/mol. The monoisotopic (exact) mass is 180 g/mol. The van der Waals surface area contributed by atoms with Crippen molar-refractivity contribution in [3.63, 3.8) is 0 Å². The molecular weight excluding hydrogens is 164 g/mol. The number of nitrogens with one attached hydrogen (secondary N) is 1. The van der Waals surface area contributed by atoms with Crippen LogP contribution in [0.5, 0.6) is 0 Å². The number of hydrogen-bond acceptors (Lipinski definition) is 4. The Kier molecular flexibility index (Phi) is 5.89. The molecule has 72 valence electrons. The van der Waals surface area contributed by atoms with E-state index >= 15 is 0 Å². The Labute approximate surface area is 78.8 Å². The van der Waals surface area contributed by atoms with Crippen molar-refractivity contribution in [1.29, 1.82) is 0 Å². The van der Waals surface area contributed by atoms with Crippen molar-refractivity contribution >= 4 is 0 Å². The van der Waals surface area contributed by atoms with Crippen molar-refractivity contribution < 1.29 is 0 Å². The van der Waals surface area contributed by atoms with Gasteiger partial charge in [0.2, 0.25) is 0 Å². The summed E-state index contributed by atoms with van der Waals surface area (Å²) in [5, 5.41) is 13.5. The quantitative estimate of drug-likeness (QED) is 0.647. The van der Waals surface area contributed by atoms with Gasteiger partial charge in [0.15, 0.2) is 0 Å². The second-order valence-electron chi connectivity index (χ2n) is 2.98. The lowest BCUT2D eigenvalue weighted by molar-refractivity contribution is 0.702. The summed E-state index contributed by atoms with van der Waals surface area (Å²) in [6, 6.07) is 1.72. The fraction of sp³-hybridized carbons (Fsp3) is 0.667. The van der Waals surface area contributed by atoms with Gasteiger partial charge in [0.25, 0.3) is 0 Å². The van der Waals surface area contributed by atoms with Gasteiger partial charge in [-0.05, 0) is 37.2 Å². The second kappa shape index (κ2) is 7.61. The van der Waals surface area contributed by atoms with Gasteiger partial charge in [-0.15, -0.1) is 10.2 Å². The van der Waals surface area contributed by atoms with Gasteiger partial charge in [-0.3, -0.25) is 0 Å². The van der Waals surface area contributed by atoms with E-state index in [1.54, 1.807) is 18.5 Å². The number of aromatic nitrogens is 3. The standard InChI is InChI=1S/C6H13N.C3H3N3/c1-2-4-6-7-5-3-1;1-2-4-6-5-3-1/h7H,1-6H2;1-3H. The summed E-state index contributed by atoms with van der Waals surface area (Å²) in [4.78, 5) is 0. The first kappa shape index (κ1) is 10.1. The van der Waals surface area contributed by atoms with E-state index in [0.29, 0.717) is 0 Å². The highest BCUT2D eigenvalue weighted by Gasteiger charge is 1.94. The van der Waals surface area contributed by atoms with Gasteiger partial charge < -0.3 is 5.32 Å². The molecule has 13 heavy (non-hydrogen) atoms. The molecule has 1 N–H and O–H groups in total. The third-order valence-corrected chi connectivity index (χ3v) is 1.87. The average Bonchev–Trinajstić information content (AvgIpc) is 2.53. The van der Waals surface area contributed by atoms with E-state index in [1.807, 2.05) is 0 Å². The molecule has 1 saturated heterocycles. The second-order valence-corrected chi connectivity index (χ2v) is 2.98. The largest absolute Gasteiger partial charge is 0.317 e. The van der Waals surface area contributed by atoms with Gasteiger partial charge in [-0.25, -0.2) is 0 Å². The SMILES string of the molecule is C1CCCNCC1.c1cnnnc1. The highest BCUT2D eigenvalue weighted by molar-refractivity contribution is 4.69. The minimum atomic E-state index is 1.25. The molecular formula is C9H16N4. The number of nitrogens with zero attached hydrogens (tertiary/aromatic N) is 3. The molecule has 0 spiro atoms. The van der Waals surface area contributed by atoms with Crippen LogP contribution in [0.15, 0.2) is 18.5 Å². The zero-order valence-corrected chi connectivity index (χ0v) is 7.82. The molecule has 0 saturated carbocycles. The maximum absolute atomic E-state index is 3.42. The van der Waals surface area contributed by atoms with E-state index in [2.05, 4.69) is 20.7 Å². The Bertz CT molecular complexity index is 144. The number of rotatable bonds is 0. The molecule has 1 fully saturated rings. The highest BCUT2D eigenvalue weighted by Crippen LogP contribution is 2.00. The van der Waals surface area contributed by atoms with E-state index in [-0.39, 0.29) is 0 Å². The Balaban J connectivity index is 0.000000132. The highest BCUT2D eigenvalue weighted by atomic mass is 15.3. The molecule has 0 radical (unpaired) electrons. The molecule has 1 aromatic heterocycles. The first-order valence-corrected chi connectivity index (χ1v) is 4.79. The molecule has 1 aliphatic heterocycles. The minimum Gasteiger partial charge on any atom is -0.317 e. The molecule has 2 rings (SSSR count). The van der Waals surface area contributed by atoms with Crippen LogP contribution in [0.2, 0.25) is 0 Å². The third kappa shape index (κ3) is 6.16. The van der Waals surface area contributed by atoms with Crippen molar-refractivity contribution in [3.8, 4) is 0 Å². The summed E-state index contributed by atoms with van der Waals surface area (Å²) >= 11 is 0. The van der Waals surface area contributed by atoms with Crippen molar-refractivity contribution in [1.82, 2.24) is 20.7 Å². The van der Waals surface area contributed by atoms with Gasteiger partial charge in [0.1, 0.15) is 0 Å². The van der Waals surface area contributed by atoms with Gasteiger partial charge in [0.05, 0.1) is 12.4 Å². The summed E-state index contributed by atoms with van der Waals surface area (Å²) < 4.78 is 0. The van der Waals surface area contributed by atoms with Crippen molar-refractivity contribution in [2.75, 3.05) is 13.1 Å². The van der Waals surface area contributed by atoms with E-state index in [1.165, 1.54) is 38.8 Å². The maximum Gasteiger partial charge on any atom is 0.0529 e. The van der Waals surface area contributed by atoms with E-state index in [9.17, 15) is 0 Å². The summed E-state index contributed by atoms with van der Waals surface area (Å²) in [5.74, 6) is 0. The lowest BCUT2D eigenvalue weighted by Gasteiger charge is -1.91. The van der Waals surface area contributed by atoms with Crippen LogP contribution in [0.3, 0.4) is 0 Å². The molecule has 0 amide bonds. The lowest BCUT2D eigenvalue weighted by Crippen LogP contribution is -2.12. The molecule has 0 unspecified atom stereocenters. The molecule has 0 aliphatic carbocycles. The molecule has 4 heteroatoms. The molecule has 1 aromatic rings. The van der Waals surface area contributed by atoms with Crippen LogP contribution < -0.4 is 5.32 Å².